The number of hydrogen-bond acceptors (Lipinski definition) is 9. The average Bonchev–Trinajstić information content (AvgIpc) is 2.72. The van der Waals surface area contributed by atoms with Crippen molar-refractivity contribution in [1.29, 1.82) is 0 Å². The van der Waals surface area contributed by atoms with Crippen molar-refractivity contribution in [3.8, 4) is 11.5 Å². The molecule has 0 saturated carbocycles. The molecule has 0 spiro atoms. The molecule has 0 unspecified atom stereocenters. The van der Waals surface area contributed by atoms with Crippen molar-refractivity contribution in [2.24, 2.45) is 0 Å². The van der Waals surface area contributed by atoms with E-state index in [0.29, 0.717) is 17.7 Å². The van der Waals surface area contributed by atoms with Crippen LogP contribution in [0.5, 0.6) is 11.5 Å². The van der Waals surface area contributed by atoms with Gasteiger partial charge in [0.1, 0.15) is 12.4 Å². The summed E-state index contributed by atoms with van der Waals surface area (Å²) in [5.74, 6) is -1.38. The number of methoxy groups -OCH3 is 2. The predicted molar refractivity (Wildman–Crippen MR) is 104 cm³/mol. The summed E-state index contributed by atoms with van der Waals surface area (Å²) >= 11 is 0. The van der Waals surface area contributed by atoms with E-state index in [0.717, 1.165) is 11.3 Å². The molecule has 160 valence electrons. The molecule has 30 heavy (non-hydrogen) atoms. The smallest absolute Gasteiger partial charge is 0.360 e. The SMILES string of the molecule is COC(=O)c1ncc(COCc2ccc(OC)cc2)c(COC(C)=O)c1OC(C)=O. The summed E-state index contributed by atoms with van der Waals surface area (Å²) in [6.07, 6.45) is 1.39. The van der Waals surface area contributed by atoms with Crippen molar-refractivity contribution in [3.05, 3.63) is 52.8 Å². The summed E-state index contributed by atoms with van der Waals surface area (Å²) in [5.41, 5.74) is 1.50. The Morgan fingerprint density at radius 1 is 0.933 bits per heavy atom. The third-order valence-corrected chi connectivity index (χ3v) is 3.96. The Labute approximate surface area is 173 Å². The fraction of sp³-hybridized carbons (Fsp3) is 0.333. The number of benzene rings is 1. The molecule has 0 atom stereocenters. The minimum absolute atomic E-state index is 0.0747. The van der Waals surface area contributed by atoms with Gasteiger partial charge in [0.15, 0.2) is 11.4 Å². The Hall–Kier alpha value is -3.46. The maximum absolute atomic E-state index is 12.0. The Morgan fingerprint density at radius 3 is 2.20 bits per heavy atom. The van der Waals surface area contributed by atoms with E-state index in [1.54, 1.807) is 7.11 Å². The van der Waals surface area contributed by atoms with Gasteiger partial charge in [-0.05, 0) is 17.7 Å². The number of esters is 3. The van der Waals surface area contributed by atoms with Gasteiger partial charge in [0.05, 0.1) is 27.4 Å². The molecule has 0 amide bonds. The third kappa shape index (κ3) is 6.28. The highest BCUT2D eigenvalue weighted by Crippen LogP contribution is 2.28. The molecule has 0 aliphatic rings. The van der Waals surface area contributed by atoms with Gasteiger partial charge in [0, 0.05) is 31.2 Å². The fourth-order valence-electron chi connectivity index (χ4n) is 2.52. The highest BCUT2D eigenvalue weighted by atomic mass is 16.6. The highest BCUT2D eigenvalue weighted by Gasteiger charge is 2.24. The first-order valence-electron chi connectivity index (χ1n) is 8.97. The number of aromatic nitrogens is 1. The van der Waals surface area contributed by atoms with Crippen molar-refractivity contribution < 1.29 is 38.1 Å². The van der Waals surface area contributed by atoms with Crippen LogP contribution in [-0.4, -0.2) is 37.1 Å². The molecule has 0 fully saturated rings. The molecule has 1 aromatic heterocycles. The summed E-state index contributed by atoms with van der Waals surface area (Å²) in [5, 5.41) is 0. The maximum atomic E-state index is 12.0. The van der Waals surface area contributed by atoms with Gasteiger partial charge in [0.2, 0.25) is 0 Å². The summed E-state index contributed by atoms with van der Waals surface area (Å²) in [6, 6.07) is 7.36. The van der Waals surface area contributed by atoms with E-state index in [1.807, 2.05) is 24.3 Å². The van der Waals surface area contributed by atoms with E-state index in [4.69, 9.17) is 23.7 Å². The Bertz CT molecular complexity index is 908. The van der Waals surface area contributed by atoms with Crippen LogP contribution in [0.4, 0.5) is 0 Å². The molecular formula is C21H23NO8. The molecule has 2 aromatic rings. The lowest BCUT2D eigenvalue weighted by Crippen LogP contribution is -2.16. The van der Waals surface area contributed by atoms with Crippen LogP contribution < -0.4 is 9.47 Å². The van der Waals surface area contributed by atoms with Crippen molar-refractivity contribution in [2.45, 2.75) is 33.7 Å². The van der Waals surface area contributed by atoms with Gasteiger partial charge in [0.25, 0.3) is 0 Å². The first-order valence-corrected chi connectivity index (χ1v) is 8.97. The highest BCUT2D eigenvalue weighted by molar-refractivity contribution is 5.92. The second kappa shape index (κ2) is 10.9. The van der Waals surface area contributed by atoms with Crippen LogP contribution in [0, 0.1) is 0 Å². The second-order valence-corrected chi connectivity index (χ2v) is 6.15. The first-order chi connectivity index (χ1) is 14.3. The number of carbonyl (C=O) groups is 3. The average molecular weight is 417 g/mol. The molecule has 0 saturated heterocycles. The Morgan fingerprint density at radius 2 is 1.63 bits per heavy atom. The lowest BCUT2D eigenvalue weighted by molar-refractivity contribution is -0.142. The van der Waals surface area contributed by atoms with E-state index in [9.17, 15) is 14.4 Å². The van der Waals surface area contributed by atoms with E-state index < -0.39 is 17.9 Å². The summed E-state index contributed by atoms with van der Waals surface area (Å²) < 4.78 is 25.8. The van der Waals surface area contributed by atoms with Crippen molar-refractivity contribution >= 4 is 17.9 Å². The third-order valence-electron chi connectivity index (χ3n) is 3.96. The van der Waals surface area contributed by atoms with Gasteiger partial charge in [-0.3, -0.25) is 9.59 Å². The minimum Gasteiger partial charge on any atom is -0.497 e. The summed E-state index contributed by atoms with van der Waals surface area (Å²) in [4.78, 5) is 39.0. The largest absolute Gasteiger partial charge is 0.497 e. The topological polar surface area (TPSA) is 110 Å². The molecule has 1 heterocycles. The van der Waals surface area contributed by atoms with Gasteiger partial charge >= 0.3 is 17.9 Å². The van der Waals surface area contributed by atoms with E-state index in [-0.39, 0.29) is 24.7 Å². The molecule has 0 aliphatic carbocycles. The molecule has 1 aromatic carbocycles. The molecule has 0 bridgehead atoms. The van der Waals surface area contributed by atoms with Crippen LogP contribution in [0.15, 0.2) is 30.5 Å². The second-order valence-electron chi connectivity index (χ2n) is 6.15. The lowest BCUT2D eigenvalue weighted by atomic mass is 10.1. The van der Waals surface area contributed by atoms with Crippen LogP contribution in [0.3, 0.4) is 0 Å². The van der Waals surface area contributed by atoms with Crippen LogP contribution in [0.1, 0.15) is 41.0 Å². The number of ether oxygens (including phenoxy) is 5. The monoisotopic (exact) mass is 417 g/mol. The van der Waals surface area contributed by atoms with E-state index >= 15 is 0 Å². The van der Waals surface area contributed by atoms with Gasteiger partial charge in [-0.25, -0.2) is 9.78 Å². The van der Waals surface area contributed by atoms with Crippen LogP contribution in [-0.2, 0) is 43.6 Å². The van der Waals surface area contributed by atoms with Gasteiger partial charge in [-0.1, -0.05) is 12.1 Å². The number of carbonyl (C=O) groups excluding carboxylic acids is 3. The zero-order chi connectivity index (χ0) is 22.1. The van der Waals surface area contributed by atoms with Gasteiger partial charge in [-0.2, -0.15) is 0 Å². The zero-order valence-corrected chi connectivity index (χ0v) is 17.2. The molecule has 0 N–H and O–H groups in total. The Balaban J connectivity index is 2.29. The quantitative estimate of drug-likeness (QED) is 0.568. The van der Waals surface area contributed by atoms with Crippen LogP contribution >= 0.6 is 0 Å². The van der Waals surface area contributed by atoms with Gasteiger partial charge in [-0.15, -0.1) is 0 Å². The van der Waals surface area contributed by atoms with E-state index in [1.165, 1.54) is 27.2 Å². The first kappa shape index (κ1) is 22.8. The maximum Gasteiger partial charge on any atom is 0.360 e. The predicted octanol–water partition coefficient (Wildman–Crippen LogP) is 2.58. The van der Waals surface area contributed by atoms with Crippen molar-refractivity contribution in [1.82, 2.24) is 4.98 Å². The van der Waals surface area contributed by atoms with Crippen LogP contribution in [0.2, 0.25) is 0 Å². The molecule has 2 rings (SSSR count). The van der Waals surface area contributed by atoms with Crippen LogP contribution in [0.25, 0.3) is 0 Å². The molecular weight excluding hydrogens is 394 g/mol. The summed E-state index contributed by atoms with van der Waals surface area (Å²) in [6.45, 7) is 2.56. The Kier molecular flexibility index (Phi) is 8.30. The standard InChI is InChI=1S/C21H23NO8/c1-13(23)29-12-18-16(11-28-10-15-5-7-17(26-3)8-6-15)9-22-19(21(25)27-4)20(18)30-14(2)24/h5-9H,10-12H2,1-4H3. The molecule has 0 radical (unpaired) electrons. The number of hydrogen-bond donors (Lipinski definition) is 0. The summed E-state index contributed by atoms with van der Waals surface area (Å²) in [7, 11) is 2.76. The molecule has 9 heteroatoms. The number of rotatable bonds is 9. The van der Waals surface area contributed by atoms with Crippen molar-refractivity contribution in [3.63, 3.8) is 0 Å². The fourth-order valence-corrected chi connectivity index (χ4v) is 2.52. The minimum atomic E-state index is -0.791. The number of nitrogens with zero attached hydrogens (tertiary/aromatic N) is 1. The van der Waals surface area contributed by atoms with Crippen molar-refractivity contribution in [2.75, 3.05) is 14.2 Å². The lowest BCUT2D eigenvalue weighted by Gasteiger charge is -2.16. The number of pyridine rings is 1. The normalized spacial score (nSPS) is 10.3. The molecule has 9 nitrogen and oxygen atoms in total. The zero-order valence-electron chi connectivity index (χ0n) is 17.2. The molecule has 0 aliphatic heterocycles. The van der Waals surface area contributed by atoms with Gasteiger partial charge < -0.3 is 23.7 Å². The van der Waals surface area contributed by atoms with E-state index in [2.05, 4.69) is 4.98 Å².